The summed E-state index contributed by atoms with van der Waals surface area (Å²) in [4.78, 5) is 28.1. The van der Waals surface area contributed by atoms with Crippen LogP contribution in [0.1, 0.15) is 35.7 Å². The summed E-state index contributed by atoms with van der Waals surface area (Å²) < 4.78 is 33.8. The summed E-state index contributed by atoms with van der Waals surface area (Å²) in [6, 6.07) is 19.8. The first-order valence-electron chi connectivity index (χ1n) is 12.3. The molecule has 0 spiro atoms. The smallest absolute Gasteiger partial charge is 0.264 e. The number of benzene rings is 3. The van der Waals surface area contributed by atoms with Crippen LogP contribution in [0.15, 0.2) is 77.7 Å². The molecule has 0 aliphatic carbocycles. The first-order chi connectivity index (χ1) is 17.8. The number of para-hydroxylation sites is 1. The number of amides is 2. The molecular formula is C28H31N3O5S. The molecule has 0 saturated carbocycles. The molecule has 37 heavy (non-hydrogen) atoms. The zero-order valence-electron chi connectivity index (χ0n) is 21.0. The molecule has 1 fully saturated rings. The van der Waals surface area contributed by atoms with E-state index in [0.29, 0.717) is 42.4 Å². The van der Waals surface area contributed by atoms with E-state index in [9.17, 15) is 18.0 Å². The van der Waals surface area contributed by atoms with E-state index in [4.69, 9.17) is 4.74 Å². The summed E-state index contributed by atoms with van der Waals surface area (Å²) in [7, 11) is -4.07. The van der Waals surface area contributed by atoms with Crippen LogP contribution in [0.2, 0.25) is 0 Å². The average Bonchev–Trinajstić information content (AvgIpc) is 3.43. The summed E-state index contributed by atoms with van der Waals surface area (Å²) in [6.45, 7) is 5.09. The van der Waals surface area contributed by atoms with E-state index in [1.807, 2.05) is 13.8 Å². The maximum Gasteiger partial charge on any atom is 0.264 e. The highest BCUT2D eigenvalue weighted by Gasteiger charge is 2.28. The van der Waals surface area contributed by atoms with Crippen LogP contribution in [0, 0.1) is 6.92 Å². The van der Waals surface area contributed by atoms with E-state index >= 15 is 0 Å². The molecule has 0 atom stereocenters. The molecule has 0 aromatic heterocycles. The number of aryl methyl sites for hydroxylation is 1. The average molecular weight is 522 g/mol. The molecule has 1 N–H and O–H groups in total. The summed E-state index contributed by atoms with van der Waals surface area (Å²) in [5, 5.41) is 2.76. The molecule has 3 aromatic rings. The molecule has 9 heteroatoms. The van der Waals surface area contributed by atoms with Gasteiger partial charge in [-0.3, -0.25) is 13.9 Å². The summed E-state index contributed by atoms with van der Waals surface area (Å²) >= 11 is 0. The van der Waals surface area contributed by atoms with E-state index in [1.165, 1.54) is 12.1 Å². The molecule has 1 aliphatic heterocycles. The zero-order valence-corrected chi connectivity index (χ0v) is 21.8. The number of carbonyl (C=O) groups is 2. The predicted octanol–water partition coefficient (Wildman–Crippen LogP) is 4.46. The quantitative estimate of drug-likeness (QED) is 0.448. The van der Waals surface area contributed by atoms with E-state index in [1.54, 1.807) is 65.6 Å². The van der Waals surface area contributed by atoms with Crippen molar-refractivity contribution in [2.75, 3.05) is 35.9 Å². The van der Waals surface area contributed by atoms with Crippen LogP contribution < -0.4 is 14.4 Å². The maximum absolute atomic E-state index is 13.6. The van der Waals surface area contributed by atoms with Crippen LogP contribution in [0.3, 0.4) is 0 Å². The molecule has 8 nitrogen and oxygen atoms in total. The van der Waals surface area contributed by atoms with Crippen molar-refractivity contribution in [1.29, 1.82) is 0 Å². The van der Waals surface area contributed by atoms with Crippen molar-refractivity contribution in [3.8, 4) is 5.75 Å². The van der Waals surface area contributed by atoms with Gasteiger partial charge < -0.3 is 15.0 Å². The highest BCUT2D eigenvalue weighted by Crippen LogP contribution is 2.27. The Hall–Kier alpha value is -3.85. The summed E-state index contributed by atoms with van der Waals surface area (Å²) in [5.74, 6) is -0.118. The number of anilines is 2. The van der Waals surface area contributed by atoms with Crippen molar-refractivity contribution in [2.24, 2.45) is 0 Å². The minimum atomic E-state index is -4.07. The van der Waals surface area contributed by atoms with Gasteiger partial charge in [-0.2, -0.15) is 0 Å². The van der Waals surface area contributed by atoms with Gasteiger partial charge in [-0.25, -0.2) is 8.42 Å². The maximum atomic E-state index is 13.6. The molecule has 1 saturated heterocycles. The highest BCUT2D eigenvalue weighted by atomic mass is 32.2. The molecular weight excluding hydrogens is 490 g/mol. The molecule has 3 aromatic carbocycles. The van der Waals surface area contributed by atoms with Gasteiger partial charge in [-0.05, 0) is 75.2 Å². The Balaban J connectivity index is 1.62. The van der Waals surface area contributed by atoms with Crippen LogP contribution in [-0.2, 0) is 14.8 Å². The third-order valence-corrected chi connectivity index (χ3v) is 7.94. The Labute approximate surface area is 217 Å². The van der Waals surface area contributed by atoms with Crippen molar-refractivity contribution < 1.29 is 22.7 Å². The predicted molar refractivity (Wildman–Crippen MR) is 144 cm³/mol. The van der Waals surface area contributed by atoms with Gasteiger partial charge in [0.05, 0.1) is 28.4 Å². The van der Waals surface area contributed by atoms with Crippen LogP contribution in [0.5, 0.6) is 5.75 Å². The second-order valence-corrected chi connectivity index (χ2v) is 10.7. The number of carbonyl (C=O) groups excluding carboxylic acids is 2. The van der Waals surface area contributed by atoms with E-state index in [-0.39, 0.29) is 10.8 Å². The van der Waals surface area contributed by atoms with E-state index in [2.05, 4.69) is 5.32 Å². The summed E-state index contributed by atoms with van der Waals surface area (Å²) in [6.07, 6.45) is 1.91. The van der Waals surface area contributed by atoms with Crippen molar-refractivity contribution in [3.63, 3.8) is 0 Å². The lowest BCUT2D eigenvalue weighted by atomic mass is 10.1. The van der Waals surface area contributed by atoms with Crippen LogP contribution in [0.25, 0.3) is 0 Å². The van der Waals surface area contributed by atoms with Gasteiger partial charge in [0.25, 0.3) is 15.9 Å². The Morgan fingerprint density at radius 3 is 2.24 bits per heavy atom. The fourth-order valence-corrected chi connectivity index (χ4v) is 5.64. The fourth-order valence-electron chi connectivity index (χ4n) is 4.22. The number of hydrogen-bond donors (Lipinski definition) is 1. The summed E-state index contributed by atoms with van der Waals surface area (Å²) in [5.41, 5.74) is 1.97. The van der Waals surface area contributed by atoms with Gasteiger partial charge in [-0.1, -0.05) is 29.8 Å². The second kappa shape index (κ2) is 11.5. The molecule has 1 heterocycles. The number of likely N-dealkylation sites (tertiary alicyclic amines) is 1. The Morgan fingerprint density at radius 1 is 0.946 bits per heavy atom. The van der Waals surface area contributed by atoms with Crippen LogP contribution in [0.4, 0.5) is 11.4 Å². The van der Waals surface area contributed by atoms with E-state index < -0.39 is 22.5 Å². The lowest BCUT2D eigenvalue weighted by Crippen LogP contribution is -2.38. The third-order valence-electron chi connectivity index (χ3n) is 6.16. The normalized spacial score (nSPS) is 13.3. The van der Waals surface area contributed by atoms with Gasteiger partial charge in [0, 0.05) is 13.1 Å². The van der Waals surface area contributed by atoms with Crippen molar-refractivity contribution in [1.82, 2.24) is 4.90 Å². The Bertz CT molecular complexity index is 1350. The van der Waals surface area contributed by atoms with Crippen molar-refractivity contribution >= 4 is 33.2 Å². The SMILES string of the molecule is CCOc1ccc(N(CC(=O)Nc2ccccc2C(=O)N2CCCC2)S(=O)(=O)c2ccc(C)cc2)cc1. The molecule has 1 aliphatic rings. The van der Waals surface area contributed by atoms with Crippen LogP contribution in [-0.4, -0.2) is 51.4 Å². The number of nitrogens with one attached hydrogen (secondary N) is 1. The van der Waals surface area contributed by atoms with Crippen molar-refractivity contribution in [3.05, 3.63) is 83.9 Å². The minimum absolute atomic E-state index is 0.0735. The fraction of sp³-hybridized carbons (Fsp3) is 0.286. The molecule has 2 amide bonds. The number of nitrogens with zero attached hydrogens (tertiary/aromatic N) is 2. The molecule has 0 radical (unpaired) electrons. The number of hydrogen-bond acceptors (Lipinski definition) is 5. The number of sulfonamides is 1. The Kier molecular flexibility index (Phi) is 8.13. The minimum Gasteiger partial charge on any atom is -0.494 e. The van der Waals surface area contributed by atoms with Gasteiger partial charge in [0.2, 0.25) is 5.91 Å². The van der Waals surface area contributed by atoms with Gasteiger partial charge in [-0.15, -0.1) is 0 Å². The van der Waals surface area contributed by atoms with Crippen LogP contribution >= 0.6 is 0 Å². The van der Waals surface area contributed by atoms with E-state index in [0.717, 1.165) is 22.7 Å². The monoisotopic (exact) mass is 521 g/mol. The van der Waals surface area contributed by atoms with Gasteiger partial charge in [0.15, 0.2) is 0 Å². The zero-order chi connectivity index (χ0) is 26.4. The number of rotatable bonds is 9. The molecule has 0 unspecified atom stereocenters. The Morgan fingerprint density at radius 2 is 1.59 bits per heavy atom. The molecule has 194 valence electrons. The largest absolute Gasteiger partial charge is 0.494 e. The standard InChI is InChI=1S/C28H31N3O5S/c1-3-36-23-14-12-22(13-15-23)31(37(34,35)24-16-10-21(2)11-17-24)20-27(32)29-26-9-5-4-8-25(26)28(33)30-18-6-7-19-30/h4-5,8-17H,3,6-7,18-20H2,1-2H3,(H,29,32). The van der Waals surface area contributed by atoms with Gasteiger partial charge >= 0.3 is 0 Å². The number of ether oxygens (including phenoxy) is 1. The third kappa shape index (κ3) is 6.11. The topological polar surface area (TPSA) is 96.0 Å². The highest BCUT2D eigenvalue weighted by molar-refractivity contribution is 7.92. The van der Waals surface area contributed by atoms with Crippen molar-refractivity contribution in [2.45, 2.75) is 31.6 Å². The first kappa shape index (κ1) is 26.2. The molecule has 0 bridgehead atoms. The lowest BCUT2D eigenvalue weighted by molar-refractivity contribution is -0.114. The second-order valence-electron chi connectivity index (χ2n) is 8.84. The van der Waals surface area contributed by atoms with Gasteiger partial charge in [0.1, 0.15) is 12.3 Å². The first-order valence-corrected chi connectivity index (χ1v) is 13.7. The molecule has 4 rings (SSSR count). The lowest BCUT2D eigenvalue weighted by Gasteiger charge is -2.25.